The molecule has 0 bridgehead atoms. The summed E-state index contributed by atoms with van der Waals surface area (Å²) in [4.78, 5) is 0. The van der Waals surface area contributed by atoms with Gasteiger partial charge >= 0.3 is 0 Å². The van der Waals surface area contributed by atoms with Crippen LogP contribution in [0.2, 0.25) is 0 Å². The number of allylic oxidation sites excluding steroid dienone is 4. The Labute approximate surface area is 130 Å². The topological polar surface area (TPSA) is 0 Å². The molecule has 0 aromatic heterocycles. The maximum absolute atomic E-state index is 3.84. The van der Waals surface area contributed by atoms with Gasteiger partial charge in [-0.2, -0.15) is 0 Å². The van der Waals surface area contributed by atoms with E-state index in [1.54, 1.807) is 0 Å². The third kappa shape index (κ3) is 53.3. The zero-order valence-electron chi connectivity index (χ0n) is 16.2. The molecule has 0 amide bonds. The lowest BCUT2D eigenvalue weighted by atomic mass is 9.89. The molecule has 0 rings (SSSR count). The van der Waals surface area contributed by atoms with Crippen LogP contribution >= 0.6 is 0 Å². The second-order valence-electron chi connectivity index (χ2n) is 8.49. The van der Waals surface area contributed by atoms with E-state index in [-0.39, 0.29) is 0 Å². The summed E-state index contributed by atoms with van der Waals surface area (Å²) in [7, 11) is 0. The Kier molecular flexibility index (Phi) is 13.3. The van der Waals surface area contributed by atoms with Gasteiger partial charge in [-0.3, -0.25) is 0 Å². The van der Waals surface area contributed by atoms with Gasteiger partial charge in [0.05, 0.1) is 0 Å². The van der Waals surface area contributed by atoms with Gasteiger partial charge in [-0.25, -0.2) is 0 Å². The first-order valence-corrected chi connectivity index (χ1v) is 7.49. The van der Waals surface area contributed by atoms with Crippen LogP contribution < -0.4 is 0 Å². The lowest BCUT2D eigenvalue weighted by molar-refractivity contribution is 0.410. The molecule has 0 spiro atoms. The minimum Gasteiger partial charge on any atom is -0.100 e. The van der Waals surface area contributed by atoms with E-state index in [9.17, 15) is 0 Å². The largest absolute Gasteiger partial charge is 0.100 e. The predicted molar refractivity (Wildman–Crippen MR) is 98.3 cm³/mol. The number of hydrogen-bond donors (Lipinski definition) is 0. The molecule has 0 heterocycles. The fourth-order valence-electron chi connectivity index (χ4n) is 1.77. The molecule has 0 N–H and O–H groups in total. The smallest absolute Gasteiger partial charge is 0.0201 e. The predicted octanol–water partition coefficient (Wildman–Crippen LogP) is 7.58. The van der Waals surface area contributed by atoms with E-state index in [4.69, 9.17) is 0 Å². The van der Waals surface area contributed by atoms with E-state index < -0.39 is 0 Å². The summed E-state index contributed by atoms with van der Waals surface area (Å²) in [5.41, 5.74) is 4.62. The fraction of sp³-hybridized carbons (Fsp3) is 0.700. The quantitative estimate of drug-likeness (QED) is 0.434. The Morgan fingerprint density at radius 3 is 1.10 bits per heavy atom. The van der Waals surface area contributed by atoms with Crippen molar-refractivity contribution in [1.29, 1.82) is 0 Å². The zero-order valence-corrected chi connectivity index (χ0v) is 16.2. The van der Waals surface area contributed by atoms with Crippen LogP contribution in [0.4, 0.5) is 0 Å². The molecule has 0 aliphatic carbocycles. The maximum atomic E-state index is 3.84. The molecule has 0 saturated heterocycles. The summed E-state index contributed by atoms with van der Waals surface area (Å²) in [6.07, 6.45) is 3.40. The van der Waals surface area contributed by atoms with Gasteiger partial charge < -0.3 is 0 Å². The molecular formula is C20H40. The van der Waals surface area contributed by atoms with Gasteiger partial charge in [-0.1, -0.05) is 64.3 Å². The van der Waals surface area contributed by atoms with Gasteiger partial charge in [0.1, 0.15) is 0 Å². The molecule has 0 radical (unpaired) electrons. The molecule has 0 atom stereocenters. The van der Waals surface area contributed by atoms with Crippen LogP contribution in [0, 0.1) is 10.8 Å². The minimum atomic E-state index is 0.360. The van der Waals surface area contributed by atoms with Gasteiger partial charge in [-0.15, -0.1) is 13.2 Å². The third-order valence-electron chi connectivity index (χ3n) is 1.55. The van der Waals surface area contributed by atoms with Crippen LogP contribution in [-0.2, 0) is 0 Å². The number of rotatable bonds is 1. The monoisotopic (exact) mass is 280 g/mol. The first-order valence-electron chi connectivity index (χ1n) is 7.49. The lowest BCUT2D eigenvalue weighted by Crippen LogP contribution is -2.03. The average Bonchev–Trinajstić information content (AvgIpc) is 1.90. The van der Waals surface area contributed by atoms with Crippen LogP contribution in [0.1, 0.15) is 82.6 Å². The third-order valence-corrected chi connectivity index (χ3v) is 1.55. The summed E-state index contributed by atoms with van der Waals surface area (Å²) >= 11 is 0. The Morgan fingerprint density at radius 1 is 0.800 bits per heavy atom. The van der Waals surface area contributed by atoms with Crippen molar-refractivity contribution >= 4 is 0 Å². The van der Waals surface area contributed by atoms with Crippen molar-refractivity contribution in [2.24, 2.45) is 10.8 Å². The molecule has 0 aromatic carbocycles. The van der Waals surface area contributed by atoms with Crippen molar-refractivity contribution in [2.75, 3.05) is 0 Å². The van der Waals surface area contributed by atoms with E-state index in [0.29, 0.717) is 10.8 Å². The van der Waals surface area contributed by atoms with Crippen molar-refractivity contribution in [2.45, 2.75) is 82.6 Å². The van der Waals surface area contributed by atoms with Crippen molar-refractivity contribution in [3.63, 3.8) is 0 Å². The van der Waals surface area contributed by atoms with Crippen LogP contribution in [0.25, 0.3) is 0 Å². The molecule has 0 fully saturated rings. The fourth-order valence-corrected chi connectivity index (χ4v) is 1.77. The minimum absolute atomic E-state index is 0.360. The van der Waals surface area contributed by atoms with Gasteiger partial charge in [0.15, 0.2) is 0 Å². The Balaban J connectivity index is -0.000000230. The van der Waals surface area contributed by atoms with E-state index in [2.05, 4.69) is 81.5 Å². The Bertz CT molecular complexity index is 292. The van der Waals surface area contributed by atoms with Crippen LogP contribution in [0.15, 0.2) is 36.0 Å². The molecule has 0 aliphatic rings. The highest BCUT2D eigenvalue weighted by Gasteiger charge is 2.08. The second kappa shape index (κ2) is 10.9. The highest BCUT2D eigenvalue weighted by molar-refractivity contribution is 5.00. The SMILES string of the molecule is C=C(C)C.C=C(C)CC(C)(C)C.CC(C)=CC(C)(C)C. The van der Waals surface area contributed by atoms with Gasteiger partial charge in [0.2, 0.25) is 0 Å². The molecule has 0 nitrogen and oxygen atoms in total. The maximum Gasteiger partial charge on any atom is -0.0201 e. The van der Waals surface area contributed by atoms with E-state index in [0.717, 1.165) is 6.42 Å². The van der Waals surface area contributed by atoms with Crippen molar-refractivity contribution in [3.05, 3.63) is 36.0 Å². The number of hydrogen-bond acceptors (Lipinski definition) is 0. The summed E-state index contributed by atoms with van der Waals surface area (Å²) in [5.74, 6) is 0. The van der Waals surface area contributed by atoms with Crippen LogP contribution in [0.3, 0.4) is 0 Å². The average molecular weight is 281 g/mol. The van der Waals surface area contributed by atoms with Gasteiger partial charge in [-0.05, 0) is 51.9 Å². The second-order valence-corrected chi connectivity index (χ2v) is 8.49. The Hall–Kier alpha value is -0.780. The molecular weight excluding hydrogens is 240 g/mol. The first kappa shape index (κ1) is 24.3. The lowest BCUT2D eigenvalue weighted by Gasteiger charge is -2.17. The molecule has 0 aromatic rings. The van der Waals surface area contributed by atoms with Gasteiger partial charge in [0, 0.05) is 0 Å². The van der Waals surface area contributed by atoms with E-state index in [1.807, 2.05) is 13.8 Å². The molecule has 20 heavy (non-hydrogen) atoms. The van der Waals surface area contributed by atoms with E-state index in [1.165, 1.54) is 16.7 Å². The molecule has 120 valence electrons. The normalized spacial score (nSPS) is 10.3. The Morgan fingerprint density at radius 2 is 1.10 bits per heavy atom. The van der Waals surface area contributed by atoms with Crippen LogP contribution in [0.5, 0.6) is 0 Å². The van der Waals surface area contributed by atoms with Crippen molar-refractivity contribution < 1.29 is 0 Å². The highest BCUT2D eigenvalue weighted by Crippen LogP contribution is 2.22. The molecule has 0 heteroatoms. The first-order chi connectivity index (χ1) is 8.57. The zero-order chi connectivity index (χ0) is 17.1. The highest BCUT2D eigenvalue weighted by atomic mass is 14.1. The summed E-state index contributed by atoms with van der Waals surface area (Å²) < 4.78 is 0. The van der Waals surface area contributed by atoms with Crippen molar-refractivity contribution in [1.82, 2.24) is 0 Å². The van der Waals surface area contributed by atoms with Gasteiger partial charge in [0.25, 0.3) is 0 Å². The summed E-state index contributed by atoms with van der Waals surface area (Å²) in [5, 5.41) is 0. The standard InChI is InChI=1S/2C8H16.C4H8/c2*1-7(2)6-8(3,4)5;1-4(2)3/h6H,1-5H3;1,6H2,2-5H3;1H2,2-3H3. The van der Waals surface area contributed by atoms with Crippen LogP contribution in [-0.4, -0.2) is 0 Å². The molecule has 0 saturated carbocycles. The molecule has 0 unspecified atom stereocenters. The summed E-state index contributed by atoms with van der Waals surface area (Å²) in [6.45, 7) is 31.0. The molecule has 0 aliphatic heterocycles. The van der Waals surface area contributed by atoms with Crippen molar-refractivity contribution in [3.8, 4) is 0 Å². The van der Waals surface area contributed by atoms with E-state index >= 15 is 0 Å². The summed E-state index contributed by atoms with van der Waals surface area (Å²) in [6, 6.07) is 0.